The van der Waals surface area contributed by atoms with Crippen molar-refractivity contribution >= 4 is 0 Å². The molecule has 0 aliphatic carbocycles. The lowest BCUT2D eigenvalue weighted by Gasteiger charge is -2.20. The van der Waals surface area contributed by atoms with E-state index in [-0.39, 0.29) is 0 Å². The van der Waals surface area contributed by atoms with E-state index in [1.54, 1.807) is 14.2 Å². The monoisotopic (exact) mass is 237 g/mol. The van der Waals surface area contributed by atoms with Crippen LogP contribution in [0.3, 0.4) is 0 Å². The average Bonchev–Trinajstić information content (AvgIpc) is 2.34. The van der Waals surface area contributed by atoms with E-state index >= 15 is 0 Å². The van der Waals surface area contributed by atoms with Crippen molar-refractivity contribution in [2.75, 3.05) is 21.3 Å². The van der Waals surface area contributed by atoms with E-state index in [9.17, 15) is 0 Å². The van der Waals surface area contributed by atoms with Crippen LogP contribution in [-0.4, -0.2) is 21.3 Å². The summed E-state index contributed by atoms with van der Waals surface area (Å²) in [5.41, 5.74) is 1.24. The van der Waals surface area contributed by atoms with Gasteiger partial charge in [0.25, 0.3) is 0 Å². The minimum absolute atomic E-state index is 0.356. The summed E-state index contributed by atoms with van der Waals surface area (Å²) in [5.74, 6) is 2.21. The molecule has 0 spiro atoms. The highest BCUT2D eigenvalue weighted by Gasteiger charge is 2.13. The summed E-state index contributed by atoms with van der Waals surface area (Å²) < 4.78 is 10.6. The molecule has 0 aromatic heterocycles. The number of nitrogens with one attached hydrogen (secondary N) is 1. The van der Waals surface area contributed by atoms with E-state index < -0.39 is 0 Å². The van der Waals surface area contributed by atoms with Crippen LogP contribution in [0.2, 0.25) is 0 Å². The minimum Gasteiger partial charge on any atom is -0.493 e. The number of ether oxygens (including phenoxy) is 2. The molecule has 1 aromatic carbocycles. The van der Waals surface area contributed by atoms with Crippen LogP contribution >= 0.6 is 0 Å². The van der Waals surface area contributed by atoms with Crippen LogP contribution in [0.4, 0.5) is 0 Å². The van der Waals surface area contributed by atoms with Crippen LogP contribution < -0.4 is 14.8 Å². The standard InChI is InChI=1S/C14H23NO2/c1-10(2)8-12(15-3)11-6-7-13(16-4)14(9-11)17-5/h6-7,9-10,12,15H,8H2,1-5H3. The fraction of sp³-hybridized carbons (Fsp3) is 0.571. The molecule has 0 fully saturated rings. The summed E-state index contributed by atoms with van der Waals surface area (Å²) in [6, 6.07) is 6.45. The molecule has 0 aliphatic heterocycles. The second-order valence-corrected chi connectivity index (χ2v) is 4.59. The predicted molar refractivity (Wildman–Crippen MR) is 70.8 cm³/mol. The van der Waals surface area contributed by atoms with Crippen LogP contribution in [0.25, 0.3) is 0 Å². The molecule has 1 aromatic rings. The highest BCUT2D eigenvalue weighted by molar-refractivity contribution is 5.43. The Labute approximate surface area is 104 Å². The molecule has 1 unspecified atom stereocenters. The Bertz CT molecular complexity index is 350. The van der Waals surface area contributed by atoms with E-state index in [1.165, 1.54) is 5.56 Å². The van der Waals surface area contributed by atoms with E-state index in [4.69, 9.17) is 9.47 Å². The first-order chi connectivity index (χ1) is 8.12. The van der Waals surface area contributed by atoms with E-state index in [2.05, 4.69) is 25.2 Å². The SMILES string of the molecule is CNC(CC(C)C)c1ccc(OC)c(OC)c1. The lowest BCUT2D eigenvalue weighted by Crippen LogP contribution is -2.18. The zero-order valence-electron chi connectivity index (χ0n) is 11.4. The number of methoxy groups -OCH3 is 2. The third-order valence-corrected chi connectivity index (χ3v) is 2.87. The summed E-state index contributed by atoms with van der Waals surface area (Å²) in [4.78, 5) is 0. The van der Waals surface area contributed by atoms with Crippen molar-refractivity contribution < 1.29 is 9.47 Å². The maximum atomic E-state index is 5.32. The molecule has 3 heteroatoms. The van der Waals surface area contributed by atoms with Crippen LogP contribution in [0, 0.1) is 5.92 Å². The molecule has 0 bridgehead atoms. The van der Waals surface area contributed by atoms with Crippen LogP contribution in [-0.2, 0) is 0 Å². The molecule has 1 N–H and O–H groups in total. The zero-order chi connectivity index (χ0) is 12.8. The molecular weight excluding hydrogens is 214 g/mol. The molecular formula is C14H23NO2. The Morgan fingerprint density at radius 3 is 2.24 bits per heavy atom. The van der Waals surface area contributed by atoms with E-state index in [0.717, 1.165) is 17.9 Å². The number of hydrogen-bond acceptors (Lipinski definition) is 3. The molecule has 0 radical (unpaired) electrons. The summed E-state index contributed by atoms with van der Waals surface area (Å²) in [6.45, 7) is 4.45. The molecule has 0 saturated carbocycles. The maximum Gasteiger partial charge on any atom is 0.161 e. The van der Waals surface area contributed by atoms with Gasteiger partial charge >= 0.3 is 0 Å². The van der Waals surface area contributed by atoms with Crippen molar-refractivity contribution in [1.29, 1.82) is 0 Å². The van der Waals surface area contributed by atoms with Crippen LogP contribution in [0.5, 0.6) is 11.5 Å². The van der Waals surface area contributed by atoms with Gasteiger partial charge in [0.2, 0.25) is 0 Å². The van der Waals surface area contributed by atoms with Gasteiger partial charge in [0.1, 0.15) is 0 Å². The summed E-state index contributed by atoms with van der Waals surface area (Å²) in [6.07, 6.45) is 1.10. The van der Waals surface area contributed by atoms with Gasteiger partial charge in [0.05, 0.1) is 14.2 Å². The topological polar surface area (TPSA) is 30.5 Å². The lowest BCUT2D eigenvalue weighted by atomic mass is 9.97. The average molecular weight is 237 g/mol. The molecule has 0 saturated heterocycles. The molecule has 0 aliphatic rings. The Kier molecular flexibility index (Phi) is 5.29. The molecule has 0 heterocycles. The van der Waals surface area contributed by atoms with Gasteiger partial charge in [-0.1, -0.05) is 19.9 Å². The fourth-order valence-corrected chi connectivity index (χ4v) is 1.96. The predicted octanol–water partition coefficient (Wildman–Crippen LogP) is 3.01. The molecule has 1 rings (SSSR count). The summed E-state index contributed by atoms with van der Waals surface area (Å²) in [5, 5.41) is 3.34. The quantitative estimate of drug-likeness (QED) is 0.825. The normalized spacial score (nSPS) is 12.6. The third-order valence-electron chi connectivity index (χ3n) is 2.87. The first-order valence-corrected chi connectivity index (χ1v) is 6.01. The minimum atomic E-state index is 0.356. The van der Waals surface area contributed by atoms with Gasteiger partial charge in [-0.2, -0.15) is 0 Å². The highest BCUT2D eigenvalue weighted by atomic mass is 16.5. The number of rotatable bonds is 6. The molecule has 0 amide bonds. The van der Waals surface area contributed by atoms with Gasteiger partial charge in [-0.3, -0.25) is 0 Å². The first-order valence-electron chi connectivity index (χ1n) is 6.01. The Morgan fingerprint density at radius 1 is 1.12 bits per heavy atom. The third kappa shape index (κ3) is 3.63. The van der Waals surface area contributed by atoms with Gasteiger partial charge in [-0.25, -0.2) is 0 Å². The van der Waals surface area contributed by atoms with Gasteiger partial charge in [0.15, 0.2) is 11.5 Å². The first kappa shape index (κ1) is 13.8. The largest absolute Gasteiger partial charge is 0.493 e. The van der Waals surface area contributed by atoms with E-state index in [0.29, 0.717) is 12.0 Å². The summed E-state index contributed by atoms with van der Waals surface area (Å²) >= 11 is 0. The second-order valence-electron chi connectivity index (χ2n) is 4.59. The van der Waals surface area contributed by atoms with E-state index in [1.807, 2.05) is 19.2 Å². The highest BCUT2D eigenvalue weighted by Crippen LogP contribution is 2.31. The Morgan fingerprint density at radius 2 is 1.76 bits per heavy atom. The van der Waals surface area contributed by atoms with Gasteiger partial charge in [-0.15, -0.1) is 0 Å². The van der Waals surface area contributed by atoms with Crippen molar-refractivity contribution in [3.05, 3.63) is 23.8 Å². The number of benzene rings is 1. The smallest absolute Gasteiger partial charge is 0.161 e. The fourth-order valence-electron chi connectivity index (χ4n) is 1.96. The van der Waals surface area contributed by atoms with Gasteiger partial charge in [-0.05, 0) is 37.1 Å². The van der Waals surface area contributed by atoms with Crippen molar-refractivity contribution in [3.63, 3.8) is 0 Å². The van der Waals surface area contributed by atoms with Crippen molar-refractivity contribution in [3.8, 4) is 11.5 Å². The zero-order valence-corrected chi connectivity index (χ0v) is 11.4. The molecule has 17 heavy (non-hydrogen) atoms. The summed E-state index contributed by atoms with van der Waals surface area (Å²) in [7, 11) is 5.31. The number of hydrogen-bond donors (Lipinski definition) is 1. The lowest BCUT2D eigenvalue weighted by molar-refractivity contribution is 0.353. The molecule has 96 valence electrons. The van der Waals surface area contributed by atoms with Crippen LogP contribution in [0.1, 0.15) is 31.9 Å². The Balaban J connectivity index is 2.96. The van der Waals surface area contributed by atoms with Crippen molar-refractivity contribution in [2.45, 2.75) is 26.3 Å². The van der Waals surface area contributed by atoms with Gasteiger partial charge in [0, 0.05) is 6.04 Å². The second kappa shape index (κ2) is 6.50. The van der Waals surface area contributed by atoms with Crippen molar-refractivity contribution in [2.24, 2.45) is 5.92 Å². The van der Waals surface area contributed by atoms with Crippen molar-refractivity contribution in [1.82, 2.24) is 5.32 Å². The van der Waals surface area contributed by atoms with Crippen LogP contribution in [0.15, 0.2) is 18.2 Å². The maximum absolute atomic E-state index is 5.32. The molecule has 1 atom stereocenters. The van der Waals surface area contributed by atoms with Gasteiger partial charge < -0.3 is 14.8 Å². The Hall–Kier alpha value is -1.22. The molecule has 3 nitrogen and oxygen atoms in total.